The molecule has 6 nitrogen and oxygen atoms in total. The van der Waals surface area contributed by atoms with Crippen LogP contribution < -0.4 is 5.32 Å². The summed E-state index contributed by atoms with van der Waals surface area (Å²) in [6.45, 7) is 6.72. The van der Waals surface area contributed by atoms with Crippen molar-refractivity contribution in [1.29, 1.82) is 0 Å². The fourth-order valence-corrected chi connectivity index (χ4v) is 2.85. The molecule has 0 aromatic carbocycles. The number of aliphatic hydroxyl groups is 1. The Balaban J connectivity index is 2.07. The summed E-state index contributed by atoms with van der Waals surface area (Å²) in [6, 6.07) is 0. The third-order valence-electron chi connectivity index (χ3n) is 3.92. The third kappa shape index (κ3) is 2.54. The summed E-state index contributed by atoms with van der Waals surface area (Å²) < 4.78 is 5.32. The maximum absolute atomic E-state index is 12.0. The number of hydrogen-bond donors (Lipinski definition) is 2. The summed E-state index contributed by atoms with van der Waals surface area (Å²) in [5.74, 6) is -0.176. The quantitative estimate of drug-likeness (QED) is 0.720. The predicted octanol–water partition coefficient (Wildman–Crippen LogP) is 0.352. The van der Waals surface area contributed by atoms with Crippen LogP contribution in [0, 0.1) is 11.3 Å². The predicted molar refractivity (Wildman–Crippen MR) is 68.4 cm³/mol. The number of hydrogen-bond acceptors (Lipinski definition) is 4. The van der Waals surface area contributed by atoms with E-state index in [1.807, 2.05) is 20.8 Å². The zero-order valence-electron chi connectivity index (χ0n) is 11.7. The second-order valence-corrected chi connectivity index (χ2v) is 6.40. The number of carbonyl (C=O) groups excluding carboxylic acids is 2. The Bertz CT molecular complexity index is 391. The topological polar surface area (TPSA) is 78.9 Å². The number of rotatable bonds is 1. The molecule has 0 bridgehead atoms. The van der Waals surface area contributed by atoms with E-state index < -0.39 is 11.0 Å². The highest BCUT2D eigenvalue weighted by Crippen LogP contribution is 2.41. The molecule has 0 radical (unpaired) electrons. The van der Waals surface area contributed by atoms with Crippen LogP contribution in [0.4, 0.5) is 4.79 Å². The molecule has 1 spiro atoms. The maximum atomic E-state index is 12.0. The van der Waals surface area contributed by atoms with Gasteiger partial charge in [0.1, 0.15) is 5.60 Å². The minimum atomic E-state index is -0.633. The molecule has 2 heterocycles. The summed E-state index contributed by atoms with van der Waals surface area (Å²) >= 11 is 0. The standard InChI is InChI=1S/C13H22N2O4/c1-12(2,3)19-11(18)15-5-4-13(8-15)9(7-16)6-14-10(13)17/h9,16H,4-8H2,1-3H3,(H,14,17)/t9-,13-/m0/s1. The fourth-order valence-electron chi connectivity index (χ4n) is 2.85. The molecular weight excluding hydrogens is 248 g/mol. The van der Waals surface area contributed by atoms with Gasteiger partial charge in [-0.3, -0.25) is 4.79 Å². The second-order valence-electron chi connectivity index (χ2n) is 6.40. The van der Waals surface area contributed by atoms with Crippen LogP contribution in [0.25, 0.3) is 0 Å². The monoisotopic (exact) mass is 270 g/mol. The SMILES string of the molecule is CC(C)(C)OC(=O)N1CC[C@@]2(C1)C(=O)NC[C@H]2CO. The first-order valence-corrected chi connectivity index (χ1v) is 6.65. The highest BCUT2D eigenvalue weighted by Gasteiger charge is 2.54. The molecule has 2 aliphatic rings. The van der Waals surface area contributed by atoms with Crippen molar-refractivity contribution in [3.63, 3.8) is 0 Å². The molecule has 0 aliphatic carbocycles. The van der Waals surface area contributed by atoms with Crippen LogP contribution in [0.3, 0.4) is 0 Å². The van der Waals surface area contributed by atoms with Crippen molar-refractivity contribution in [3.05, 3.63) is 0 Å². The molecule has 0 aromatic rings. The van der Waals surface area contributed by atoms with Gasteiger partial charge in [-0.1, -0.05) is 0 Å². The lowest BCUT2D eigenvalue weighted by molar-refractivity contribution is -0.128. The Morgan fingerprint density at radius 2 is 2.26 bits per heavy atom. The van der Waals surface area contributed by atoms with Crippen LogP contribution in [0.5, 0.6) is 0 Å². The molecule has 2 saturated heterocycles. The van der Waals surface area contributed by atoms with E-state index in [2.05, 4.69) is 5.32 Å². The van der Waals surface area contributed by atoms with E-state index in [1.54, 1.807) is 4.90 Å². The van der Waals surface area contributed by atoms with E-state index in [0.29, 0.717) is 26.1 Å². The van der Waals surface area contributed by atoms with E-state index in [4.69, 9.17) is 4.74 Å². The van der Waals surface area contributed by atoms with Crippen molar-refractivity contribution in [2.75, 3.05) is 26.2 Å². The van der Waals surface area contributed by atoms with Crippen LogP contribution in [-0.2, 0) is 9.53 Å². The number of nitrogens with one attached hydrogen (secondary N) is 1. The van der Waals surface area contributed by atoms with Crippen LogP contribution in [0.15, 0.2) is 0 Å². The molecule has 108 valence electrons. The fraction of sp³-hybridized carbons (Fsp3) is 0.846. The normalized spacial score (nSPS) is 30.8. The number of aliphatic hydroxyl groups excluding tert-OH is 1. The minimum absolute atomic E-state index is 0.0408. The van der Waals surface area contributed by atoms with Gasteiger partial charge in [0, 0.05) is 32.2 Å². The van der Waals surface area contributed by atoms with Crippen LogP contribution in [0.1, 0.15) is 27.2 Å². The largest absolute Gasteiger partial charge is 0.444 e. The van der Waals surface area contributed by atoms with Gasteiger partial charge in [-0.15, -0.1) is 0 Å². The summed E-state index contributed by atoms with van der Waals surface area (Å²) in [5, 5.41) is 12.2. The van der Waals surface area contributed by atoms with Gasteiger partial charge in [0.05, 0.1) is 5.41 Å². The summed E-state index contributed by atoms with van der Waals surface area (Å²) in [7, 11) is 0. The number of amides is 2. The Kier molecular flexibility index (Phi) is 3.47. The van der Waals surface area contributed by atoms with Crippen molar-refractivity contribution >= 4 is 12.0 Å². The van der Waals surface area contributed by atoms with Crippen LogP contribution in [0.2, 0.25) is 0 Å². The van der Waals surface area contributed by atoms with Crippen molar-refractivity contribution in [3.8, 4) is 0 Å². The van der Waals surface area contributed by atoms with Crippen molar-refractivity contribution in [2.24, 2.45) is 11.3 Å². The van der Waals surface area contributed by atoms with E-state index in [9.17, 15) is 14.7 Å². The molecule has 0 saturated carbocycles. The van der Waals surface area contributed by atoms with Gasteiger partial charge in [0.2, 0.25) is 5.91 Å². The molecule has 2 amide bonds. The average Bonchev–Trinajstić information content (AvgIpc) is 2.85. The van der Waals surface area contributed by atoms with Gasteiger partial charge in [0.15, 0.2) is 0 Å². The molecule has 19 heavy (non-hydrogen) atoms. The number of likely N-dealkylation sites (tertiary alicyclic amines) is 1. The zero-order chi connectivity index (χ0) is 14.3. The van der Waals surface area contributed by atoms with Gasteiger partial charge < -0.3 is 20.1 Å². The van der Waals surface area contributed by atoms with Gasteiger partial charge in [0.25, 0.3) is 0 Å². The Morgan fingerprint density at radius 1 is 1.58 bits per heavy atom. The Labute approximate surface area is 113 Å². The number of carbonyl (C=O) groups is 2. The van der Waals surface area contributed by atoms with E-state index in [-0.39, 0.29) is 24.5 Å². The Morgan fingerprint density at radius 3 is 2.84 bits per heavy atom. The highest BCUT2D eigenvalue weighted by molar-refractivity contribution is 5.87. The molecule has 0 aromatic heterocycles. The lowest BCUT2D eigenvalue weighted by Gasteiger charge is -2.28. The van der Waals surface area contributed by atoms with Gasteiger partial charge in [-0.05, 0) is 27.2 Å². The molecule has 2 rings (SSSR count). The average molecular weight is 270 g/mol. The first-order chi connectivity index (χ1) is 8.78. The summed E-state index contributed by atoms with van der Waals surface area (Å²) in [6.07, 6.45) is 0.198. The van der Waals surface area contributed by atoms with Gasteiger partial charge in [-0.25, -0.2) is 4.79 Å². The van der Waals surface area contributed by atoms with Crippen LogP contribution >= 0.6 is 0 Å². The third-order valence-corrected chi connectivity index (χ3v) is 3.92. The van der Waals surface area contributed by atoms with E-state index in [0.717, 1.165) is 0 Å². The summed E-state index contributed by atoms with van der Waals surface area (Å²) in [4.78, 5) is 25.6. The molecular formula is C13H22N2O4. The number of ether oxygens (including phenoxy) is 1. The minimum Gasteiger partial charge on any atom is -0.444 e. The van der Waals surface area contributed by atoms with Crippen LogP contribution in [-0.4, -0.2) is 53.8 Å². The Hall–Kier alpha value is -1.30. The molecule has 6 heteroatoms. The lowest BCUT2D eigenvalue weighted by atomic mass is 9.77. The molecule has 2 fully saturated rings. The highest BCUT2D eigenvalue weighted by atomic mass is 16.6. The lowest BCUT2D eigenvalue weighted by Crippen LogP contribution is -2.42. The van der Waals surface area contributed by atoms with E-state index in [1.165, 1.54) is 0 Å². The first-order valence-electron chi connectivity index (χ1n) is 6.65. The second kappa shape index (κ2) is 4.67. The van der Waals surface area contributed by atoms with Crippen molar-refractivity contribution in [2.45, 2.75) is 32.8 Å². The molecule has 0 unspecified atom stereocenters. The summed E-state index contributed by atoms with van der Waals surface area (Å²) in [5.41, 5.74) is -1.17. The van der Waals surface area contributed by atoms with E-state index >= 15 is 0 Å². The maximum Gasteiger partial charge on any atom is 0.410 e. The van der Waals surface area contributed by atoms with Crippen molar-refractivity contribution in [1.82, 2.24) is 10.2 Å². The molecule has 2 N–H and O–H groups in total. The van der Waals surface area contributed by atoms with Gasteiger partial charge in [-0.2, -0.15) is 0 Å². The zero-order valence-corrected chi connectivity index (χ0v) is 11.7. The van der Waals surface area contributed by atoms with Crippen molar-refractivity contribution < 1.29 is 19.4 Å². The molecule has 2 aliphatic heterocycles. The number of nitrogens with zero attached hydrogens (tertiary/aromatic N) is 1. The molecule has 2 atom stereocenters. The first kappa shape index (κ1) is 14.1. The smallest absolute Gasteiger partial charge is 0.410 e. The van der Waals surface area contributed by atoms with Gasteiger partial charge >= 0.3 is 6.09 Å².